The van der Waals surface area contributed by atoms with Crippen LogP contribution >= 0.6 is 0 Å². The van der Waals surface area contributed by atoms with Gasteiger partial charge in [0, 0.05) is 25.2 Å². The van der Waals surface area contributed by atoms with E-state index in [4.69, 9.17) is 4.74 Å². The Morgan fingerprint density at radius 1 is 1.10 bits per heavy atom. The number of rotatable bonds is 3. The fourth-order valence-corrected chi connectivity index (χ4v) is 3.43. The first kappa shape index (κ1) is 15.6. The zero-order valence-corrected chi connectivity index (χ0v) is 13.1. The van der Waals surface area contributed by atoms with Crippen molar-refractivity contribution in [2.75, 3.05) is 19.7 Å². The summed E-state index contributed by atoms with van der Waals surface area (Å²) >= 11 is 0. The third kappa shape index (κ3) is 4.65. The molecule has 2 unspecified atom stereocenters. The Morgan fingerprint density at radius 3 is 2.50 bits per heavy atom. The van der Waals surface area contributed by atoms with Crippen LogP contribution in [0.3, 0.4) is 0 Å². The highest BCUT2D eigenvalue weighted by molar-refractivity contribution is 5.67. The normalized spacial score (nSPS) is 29.0. The monoisotopic (exact) mass is 282 g/mol. The summed E-state index contributed by atoms with van der Waals surface area (Å²) < 4.78 is 5.06. The molecule has 0 aromatic heterocycles. The van der Waals surface area contributed by atoms with E-state index in [2.05, 4.69) is 12.2 Å². The molecule has 2 rings (SSSR count). The second-order valence-electron chi connectivity index (χ2n) is 6.44. The van der Waals surface area contributed by atoms with Crippen LogP contribution in [-0.4, -0.2) is 42.8 Å². The van der Waals surface area contributed by atoms with Gasteiger partial charge >= 0.3 is 6.09 Å². The van der Waals surface area contributed by atoms with E-state index in [9.17, 15) is 4.79 Å². The number of hydrogen-bond donors (Lipinski definition) is 1. The van der Waals surface area contributed by atoms with Crippen LogP contribution in [0.5, 0.6) is 0 Å². The topological polar surface area (TPSA) is 41.6 Å². The van der Waals surface area contributed by atoms with E-state index in [0.717, 1.165) is 31.8 Å². The molecule has 2 aliphatic rings. The minimum Gasteiger partial charge on any atom is -0.450 e. The molecule has 0 bridgehead atoms. The average Bonchev–Trinajstić information content (AvgIpc) is 2.65. The van der Waals surface area contributed by atoms with Crippen LogP contribution in [0.25, 0.3) is 0 Å². The van der Waals surface area contributed by atoms with E-state index in [0.29, 0.717) is 18.7 Å². The van der Waals surface area contributed by atoms with Gasteiger partial charge in [0.05, 0.1) is 6.61 Å². The van der Waals surface area contributed by atoms with Crippen molar-refractivity contribution in [1.82, 2.24) is 10.2 Å². The van der Waals surface area contributed by atoms with Gasteiger partial charge in [-0.25, -0.2) is 4.79 Å². The molecule has 116 valence electrons. The summed E-state index contributed by atoms with van der Waals surface area (Å²) in [6, 6.07) is 1.28. The number of ether oxygens (including phenoxy) is 1. The molecule has 1 N–H and O–H groups in total. The summed E-state index contributed by atoms with van der Waals surface area (Å²) in [4.78, 5) is 13.5. The summed E-state index contributed by atoms with van der Waals surface area (Å²) in [5, 5.41) is 3.83. The van der Waals surface area contributed by atoms with Crippen LogP contribution in [0.2, 0.25) is 0 Å². The maximum atomic E-state index is 11.7. The Kier molecular flexibility index (Phi) is 6.14. The summed E-state index contributed by atoms with van der Waals surface area (Å²) in [6.45, 7) is 6.37. The molecule has 0 aromatic rings. The predicted molar refractivity (Wildman–Crippen MR) is 80.8 cm³/mol. The largest absolute Gasteiger partial charge is 0.450 e. The standard InChI is InChI=1S/C16H30N2O2/c1-3-20-16(19)18-11-9-15(10-12-18)17-14-6-4-5-13(2)7-8-14/h13-15,17H,3-12H2,1-2H3. The predicted octanol–water partition coefficient (Wildman–Crippen LogP) is 3.17. The van der Waals surface area contributed by atoms with Crippen molar-refractivity contribution >= 4 is 6.09 Å². The fourth-order valence-electron chi connectivity index (χ4n) is 3.43. The number of nitrogens with one attached hydrogen (secondary N) is 1. The minimum absolute atomic E-state index is 0.144. The number of hydrogen-bond acceptors (Lipinski definition) is 3. The number of carbonyl (C=O) groups is 1. The third-order valence-electron chi connectivity index (χ3n) is 4.75. The number of carbonyl (C=O) groups excluding carboxylic acids is 1. The van der Waals surface area contributed by atoms with Gasteiger partial charge in [0.2, 0.25) is 0 Å². The Balaban J connectivity index is 1.70. The molecule has 1 saturated carbocycles. The smallest absolute Gasteiger partial charge is 0.409 e. The van der Waals surface area contributed by atoms with E-state index in [1.54, 1.807) is 0 Å². The maximum absolute atomic E-state index is 11.7. The second-order valence-corrected chi connectivity index (χ2v) is 6.44. The van der Waals surface area contributed by atoms with Crippen molar-refractivity contribution in [3.05, 3.63) is 0 Å². The Hall–Kier alpha value is -0.770. The quantitative estimate of drug-likeness (QED) is 0.808. The molecular formula is C16H30N2O2. The van der Waals surface area contributed by atoms with Crippen molar-refractivity contribution in [2.24, 2.45) is 5.92 Å². The van der Waals surface area contributed by atoms with E-state index < -0.39 is 0 Å². The first-order valence-corrected chi connectivity index (χ1v) is 8.36. The van der Waals surface area contributed by atoms with Crippen LogP contribution in [0.1, 0.15) is 58.8 Å². The molecular weight excluding hydrogens is 252 g/mol. The molecule has 2 atom stereocenters. The Labute approximate surface area is 123 Å². The molecule has 0 radical (unpaired) electrons. The lowest BCUT2D eigenvalue weighted by atomic mass is 10.0. The van der Waals surface area contributed by atoms with Gasteiger partial charge in [0.15, 0.2) is 0 Å². The van der Waals surface area contributed by atoms with Crippen molar-refractivity contribution in [1.29, 1.82) is 0 Å². The van der Waals surface area contributed by atoms with Crippen molar-refractivity contribution < 1.29 is 9.53 Å². The molecule has 1 amide bonds. The fraction of sp³-hybridized carbons (Fsp3) is 0.938. The zero-order chi connectivity index (χ0) is 14.4. The van der Waals surface area contributed by atoms with Gasteiger partial charge < -0.3 is 15.0 Å². The van der Waals surface area contributed by atoms with Crippen LogP contribution < -0.4 is 5.32 Å². The van der Waals surface area contributed by atoms with E-state index in [1.807, 2.05) is 11.8 Å². The summed E-state index contributed by atoms with van der Waals surface area (Å²) in [5.74, 6) is 0.896. The van der Waals surface area contributed by atoms with Crippen molar-refractivity contribution in [2.45, 2.75) is 70.9 Å². The molecule has 0 aromatic carbocycles. The molecule has 1 aliphatic carbocycles. The van der Waals surface area contributed by atoms with Gasteiger partial charge in [-0.3, -0.25) is 0 Å². The molecule has 0 spiro atoms. The number of nitrogens with zero attached hydrogens (tertiary/aromatic N) is 1. The first-order chi connectivity index (χ1) is 9.69. The molecule has 2 fully saturated rings. The Bertz CT molecular complexity index is 301. The summed E-state index contributed by atoms with van der Waals surface area (Å²) in [6.07, 6.45) is 8.73. The highest BCUT2D eigenvalue weighted by Crippen LogP contribution is 2.24. The Morgan fingerprint density at radius 2 is 1.80 bits per heavy atom. The highest BCUT2D eigenvalue weighted by Gasteiger charge is 2.25. The van der Waals surface area contributed by atoms with Gasteiger partial charge in [0.1, 0.15) is 0 Å². The molecule has 4 nitrogen and oxygen atoms in total. The summed E-state index contributed by atoms with van der Waals surface area (Å²) in [7, 11) is 0. The lowest BCUT2D eigenvalue weighted by Gasteiger charge is -2.34. The lowest BCUT2D eigenvalue weighted by molar-refractivity contribution is 0.0939. The van der Waals surface area contributed by atoms with E-state index in [-0.39, 0.29) is 6.09 Å². The highest BCUT2D eigenvalue weighted by atomic mass is 16.6. The molecule has 20 heavy (non-hydrogen) atoms. The van der Waals surface area contributed by atoms with Gasteiger partial charge in [-0.2, -0.15) is 0 Å². The number of likely N-dealkylation sites (tertiary alicyclic amines) is 1. The van der Waals surface area contributed by atoms with Crippen LogP contribution in [0.4, 0.5) is 4.79 Å². The molecule has 1 saturated heterocycles. The zero-order valence-electron chi connectivity index (χ0n) is 13.1. The number of piperidine rings is 1. The molecule has 4 heteroatoms. The van der Waals surface area contributed by atoms with E-state index in [1.165, 1.54) is 32.1 Å². The lowest BCUT2D eigenvalue weighted by Crippen LogP contribution is -2.47. The maximum Gasteiger partial charge on any atom is 0.409 e. The van der Waals surface area contributed by atoms with Gasteiger partial charge in [0.25, 0.3) is 0 Å². The average molecular weight is 282 g/mol. The van der Waals surface area contributed by atoms with Crippen LogP contribution in [-0.2, 0) is 4.74 Å². The third-order valence-corrected chi connectivity index (χ3v) is 4.75. The van der Waals surface area contributed by atoms with Gasteiger partial charge in [-0.1, -0.05) is 19.8 Å². The van der Waals surface area contributed by atoms with E-state index >= 15 is 0 Å². The molecule has 1 aliphatic heterocycles. The second kappa shape index (κ2) is 7.87. The number of amides is 1. The first-order valence-electron chi connectivity index (χ1n) is 8.36. The van der Waals surface area contributed by atoms with Gasteiger partial charge in [-0.15, -0.1) is 0 Å². The summed E-state index contributed by atoms with van der Waals surface area (Å²) in [5.41, 5.74) is 0. The van der Waals surface area contributed by atoms with Crippen molar-refractivity contribution in [3.8, 4) is 0 Å². The minimum atomic E-state index is -0.144. The van der Waals surface area contributed by atoms with Gasteiger partial charge in [-0.05, 0) is 44.9 Å². The van der Waals surface area contributed by atoms with Crippen molar-refractivity contribution in [3.63, 3.8) is 0 Å². The van der Waals surface area contributed by atoms with Crippen LogP contribution in [0.15, 0.2) is 0 Å². The SMILES string of the molecule is CCOC(=O)N1CCC(NC2CCCC(C)CC2)CC1. The molecule has 1 heterocycles. The van der Waals surface area contributed by atoms with Crippen LogP contribution in [0, 0.1) is 5.92 Å².